The lowest BCUT2D eigenvalue weighted by molar-refractivity contribution is -0.139. The summed E-state index contributed by atoms with van der Waals surface area (Å²) in [4.78, 5) is 29.0. The van der Waals surface area contributed by atoms with Crippen molar-refractivity contribution < 1.29 is 14.0 Å². The van der Waals surface area contributed by atoms with Crippen LogP contribution in [-0.2, 0) is 16.1 Å². The number of benzene rings is 2. The van der Waals surface area contributed by atoms with E-state index in [1.165, 1.54) is 12.1 Å². The van der Waals surface area contributed by atoms with Gasteiger partial charge in [0.25, 0.3) is 0 Å². The predicted molar refractivity (Wildman–Crippen MR) is 114 cm³/mol. The number of carbonyl (C=O) groups is 2. The van der Waals surface area contributed by atoms with Crippen molar-refractivity contribution >= 4 is 11.8 Å². The summed E-state index contributed by atoms with van der Waals surface area (Å²) in [7, 11) is 2.07. The van der Waals surface area contributed by atoms with Gasteiger partial charge in [0, 0.05) is 39.3 Å². The Morgan fingerprint density at radius 1 is 0.933 bits per heavy atom. The number of hydrogen-bond acceptors (Lipinski definition) is 4. The first-order valence-corrected chi connectivity index (χ1v) is 10.2. The van der Waals surface area contributed by atoms with Crippen molar-refractivity contribution in [2.45, 2.75) is 19.5 Å². The van der Waals surface area contributed by atoms with Gasteiger partial charge in [0.2, 0.25) is 0 Å². The van der Waals surface area contributed by atoms with Gasteiger partial charge in [-0.1, -0.05) is 42.0 Å². The lowest BCUT2D eigenvalue weighted by Crippen LogP contribution is -2.49. The highest BCUT2D eigenvalue weighted by Crippen LogP contribution is 2.22. The van der Waals surface area contributed by atoms with Crippen LogP contribution in [0.2, 0.25) is 0 Å². The molecule has 1 aliphatic heterocycles. The summed E-state index contributed by atoms with van der Waals surface area (Å²) in [5, 5.41) is 5.40. The van der Waals surface area contributed by atoms with E-state index in [-0.39, 0.29) is 18.4 Å². The average Bonchev–Trinajstić information content (AvgIpc) is 2.75. The molecule has 2 N–H and O–H groups in total. The van der Waals surface area contributed by atoms with E-state index in [2.05, 4.69) is 27.5 Å². The standard InChI is InChI=1S/C23H29FN4O2/c1-17-3-5-18(6-4-17)15-25-22(29)23(30)26-16-21(19-7-9-20(24)10-8-19)28-13-11-27(2)12-14-28/h3-10,21H,11-16H2,1-2H3,(H,25,29)(H,26,30)/t21-/m1/s1. The van der Waals surface area contributed by atoms with E-state index in [9.17, 15) is 14.0 Å². The molecule has 3 rings (SSSR count). The molecule has 2 aromatic carbocycles. The van der Waals surface area contributed by atoms with E-state index < -0.39 is 11.8 Å². The molecule has 0 spiro atoms. The van der Waals surface area contributed by atoms with E-state index in [1.54, 1.807) is 12.1 Å². The molecule has 0 aliphatic carbocycles. The molecule has 1 aliphatic rings. The first-order valence-electron chi connectivity index (χ1n) is 10.2. The number of rotatable bonds is 6. The van der Waals surface area contributed by atoms with Crippen LogP contribution in [0.15, 0.2) is 48.5 Å². The van der Waals surface area contributed by atoms with Gasteiger partial charge >= 0.3 is 11.8 Å². The van der Waals surface area contributed by atoms with E-state index in [1.807, 2.05) is 31.2 Å². The lowest BCUT2D eigenvalue weighted by Gasteiger charge is -2.38. The van der Waals surface area contributed by atoms with Crippen molar-refractivity contribution in [3.05, 3.63) is 71.0 Å². The van der Waals surface area contributed by atoms with Crippen LogP contribution in [0.4, 0.5) is 4.39 Å². The molecule has 1 saturated heterocycles. The summed E-state index contributed by atoms with van der Waals surface area (Å²) in [6.07, 6.45) is 0. The van der Waals surface area contributed by atoms with Gasteiger partial charge in [0.15, 0.2) is 0 Å². The highest BCUT2D eigenvalue weighted by atomic mass is 19.1. The Labute approximate surface area is 177 Å². The maximum absolute atomic E-state index is 13.4. The van der Waals surface area contributed by atoms with Crippen molar-refractivity contribution in [1.82, 2.24) is 20.4 Å². The number of amides is 2. The van der Waals surface area contributed by atoms with Gasteiger partial charge in [0.05, 0.1) is 6.04 Å². The molecule has 2 amide bonds. The van der Waals surface area contributed by atoms with Crippen LogP contribution in [0.5, 0.6) is 0 Å². The SMILES string of the molecule is Cc1ccc(CNC(=O)C(=O)NC[C@H](c2ccc(F)cc2)N2CCN(C)CC2)cc1. The zero-order chi connectivity index (χ0) is 21.5. The van der Waals surface area contributed by atoms with Crippen molar-refractivity contribution in [2.24, 2.45) is 0 Å². The topological polar surface area (TPSA) is 64.7 Å². The third-order valence-electron chi connectivity index (χ3n) is 5.47. The maximum Gasteiger partial charge on any atom is 0.309 e. The molecular weight excluding hydrogens is 383 g/mol. The van der Waals surface area contributed by atoms with Crippen molar-refractivity contribution in [3.8, 4) is 0 Å². The van der Waals surface area contributed by atoms with Gasteiger partial charge in [-0.3, -0.25) is 14.5 Å². The first-order chi connectivity index (χ1) is 14.4. The second-order valence-corrected chi connectivity index (χ2v) is 7.78. The number of halogens is 1. The molecule has 0 aromatic heterocycles. The highest BCUT2D eigenvalue weighted by Gasteiger charge is 2.25. The smallest absolute Gasteiger partial charge is 0.309 e. The van der Waals surface area contributed by atoms with Crippen molar-refractivity contribution in [3.63, 3.8) is 0 Å². The quantitative estimate of drug-likeness (QED) is 0.711. The monoisotopic (exact) mass is 412 g/mol. The third-order valence-corrected chi connectivity index (χ3v) is 5.47. The molecule has 2 aromatic rings. The normalized spacial score (nSPS) is 16.1. The van der Waals surface area contributed by atoms with Crippen molar-refractivity contribution in [1.29, 1.82) is 0 Å². The van der Waals surface area contributed by atoms with Crippen LogP contribution in [0.25, 0.3) is 0 Å². The Bertz CT molecular complexity index is 847. The molecule has 0 radical (unpaired) electrons. The van der Waals surface area contributed by atoms with E-state index in [0.717, 1.165) is 42.9 Å². The number of hydrogen-bond donors (Lipinski definition) is 2. The molecule has 0 unspecified atom stereocenters. The second-order valence-electron chi connectivity index (χ2n) is 7.78. The highest BCUT2D eigenvalue weighted by molar-refractivity contribution is 6.35. The van der Waals surface area contributed by atoms with E-state index >= 15 is 0 Å². The van der Waals surface area contributed by atoms with Crippen LogP contribution < -0.4 is 10.6 Å². The zero-order valence-corrected chi connectivity index (χ0v) is 17.5. The summed E-state index contributed by atoms with van der Waals surface area (Å²) < 4.78 is 13.4. The minimum Gasteiger partial charge on any atom is -0.346 e. The fourth-order valence-electron chi connectivity index (χ4n) is 3.51. The number of nitrogens with zero attached hydrogens (tertiary/aromatic N) is 2. The molecule has 1 atom stereocenters. The van der Waals surface area contributed by atoms with Crippen LogP contribution >= 0.6 is 0 Å². The molecule has 1 fully saturated rings. The Balaban J connectivity index is 1.58. The number of piperazine rings is 1. The van der Waals surface area contributed by atoms with Crippen LogP contribution in [-0.4, -0.2) is 61.4 Å². The Morgan fingerprint density at radius 2 is 1.53 bits per heavy atom. The largest absolute Gasteiger partial charge is 0.346 e. The molecule has 7 heteroatoms. The molecule has 0 bridgehead atoms. The van der Waals surface area contributed by atoms with E-state index in [4.69, 9.17) is 0 Å². The van der Waals surface area contributed by atoms with Gasteiger partial charge in [-0.05, 0) is 37.2 Å². The summed E-state index contributed by atoms with van der Waals surface area (Å²) in [6, 6.07) is 14.0. The molecule has 6 nitrogen and oxygen atoms in total. The number of likely N-dealkylation sites (N-methyl/N-ethyl adjacent to an activating group) is 1. The molecule has 0 saturated carbocycles. The Kier molecular flexibility index (Phi) is 7.54. The summed E-state index contributed by atoms with van der Waals surface area (Å²) >= 11 is 0. The summed E-state index contributed by atoms with van der Waals surface area (Å²) in [5.41, 5.74) is 2.99. The van der Waals surface area contributed by atoms with E-state index in [0.29, 0.717) is 6.54 Å². The Morgan fingerprint density at radius 3 is 2.17 bits per heavy atom. The molecule has 30 heavy (non-hydrogen) atoms. The summed E-state index contributed by atoms with van der Waals surface area (Å²) in [6.45, 7) is 6.10. The number of aryl methyl sites for hydroxylation is 1. The maximum atomic E-state index is 13.4. The minimum absolute atomic E-state index is 0.117. The van der Waals surface area contributed by atoms with Gasteiger partial charge in [-0.25, -0.2) is 4.39 Å². The van der Waals surface area contributed by atoms with Gasteiger partial charge in [-0.2, -0.15) is 0 Å². The predicted octanol–water partition coefficient (Wildman–Crippen LogP) is 1.86. The summed E-state index contributed by atoms with van der Waals surface area (Å²) in [5.74, 6) is -1.62. The number of carbonyl (C=O) groups excluding carboxylic acids is 2. The fraction of sp³-hybridized carbons (Fsp3) is 0.391. The zero-order valence-electron chi connectivity index (χ0n) is 17.5. The fourth-order valence-corrected chi connectivity index (χ4v) is 3.51. The third kappa shape index (κ3) is 6.11. The van der Waals surface area contributed by atoms with Crippen LogP contribution in [0.1, 0.15) is 22.7 Å². The molecule has 1 heterocycles. The average molecular weight is 413 g/mol. The number of nitrogens with one attached hydrogen (secondary N) is 2. The molecule has 160 valence electrons. The van der Waals surface area contributed by atoms with Crippen molar-refractivity contribution in [2.75, 3.05) is 39.8 Å². The van der Waals surface area contributed by atoms with Crippen LogP contribution in [0.3, 0.4) is 0 Å². The molecular formula is C23H29FN4O2. The second kappa shape index (κ2) is 10.3. The Hall–Kier alpha value is -2.77. The first kappa shape index (κ1) is 21.9. The lowest BCUT2D eigenvalue weighted by atomic mass is 10.0. The van der Waals surface area contributed by atoms with Gasteiger partial charge < -0.3 is 15.5 Å². The van der Waals surface area contributed by atoms with Gasteiger partial charge in [0.1, 0.15) is 5.82 Å². The van der Waals surface area contributed by atoms with Crippen LogP contribution in [0, 0.1) is 12.7 Å². The minimum atomic E-state index is -0.664. The van der Waals surface area contributed by atoms with Gasteiger partial charge in [-0.15, -0.1) is 0 Å².